The van der Waals surface area contributed by atoms with Crippen LogP contribution < -0.4 is 10.1 Å². The van der Waals surface area contributed by atoms with Crippen molar-refractivity contribution < 1.29 is 9.53 Å². The standard InChI is InChI=1S/C21H19N5O2S2/c1-28-17-9-5-6-15(14-17)19-24-25-21(26(19)16-7-3-2-4-8-16)30-12-10-18(27)23-20-22-11-13-29-20/h2-9,11,13-14H,10,12H2,1H3,(H,22,23,27). The largest absolute Gasteiger partial charge is 0.497 e. The lowest BCUT2D eigenvalue weighted by molar-refractivity contribution is -0.115. The molecule has 7 nitrogen and oxygen atoms in total. The summed E-state index contributed by atoms with van der Waals surface area (Å²) in [5.41, 5.74) is 1.86. The highest BCUT2D eigenvalue weighted by molar-refractivity contribution is 7.99. The maximum absolute atomic E-state index is 12.1. The van der Waals surface area contributed by atoms with Gasteiger partial charge in [0.2, 0.25) is 5.91 Å². The van der Waals surface area contributed by atoms with E-state index in [0.717, 1.165) is 28.0 Å². The minimum atomic E-state index is -0.0729. The molecular weight excluding hydrogens is 418 g/mol. The first kappa shape index (κ1) is 20.1. The van der Waals surface area contributed by atoms with Crippen molar-refractivity contribution in [2.45, 2.75) is 11.6 Å². The van der Waals surface area contributed by atoms with E-state index in [9.17, 15) is 4.79 Å². The van der Waals surface area contributed by atoms with E-state index in [-0.39, 0.29) is 5.91 Å². The molecule has 152 valence electrons. The Balaban J connectivity index is 1.55. The molecule has 30 heavy (non-hydrogen) atoms. The molecule has 4 aromatic rings. The molecular formula is C21H19N5O2S2. The molecule has 1 N–H and O–H groups in total. The summed E-state index contributed by atoms with van der Waals surface area (Å²) in [4.78, 5) is 16.2. The number of thiazole rings is 1. The zero-order valence-corrected chi connectivity index (χ0v) is 17.8. The van der Waals surface area contributed by atoms with Gasteiger partial charge in [0.1, 0.15) is 5.75 Å². The molecule has 0 aliphatic carbocycles. The lowest BCUT2D eigenvalue weighted by atomic mass is 10.2. The first-order valence-electron chi connectivity index (χ1n) is 9.22. The summed E-state index contributed by atoms with van der Waals surface area (Å²) in [5, 5.41) is 14.8. The minimum Gasteiger partial charge on any atom is -0.497 e. The average molecular weight is 438 g/mol. The summed E-state index contributed by atoms with van der Waals surface area (Å²) in [6.07, 6.45) is 2.01. The number of rotatable bonds is 8. The first-order chi connectivity index (χ1) is 14.7. The number of thioether (sulfide) groups is 1. The molecule has 2 aromatic heterocycles. The van der Waals surface area contributed by atoms with Gasteiger partial charge in [-0.2, -0.15) is 0 Å². The van der Waals surface area contributed by atoms with E-state index in [4.69, 9.17) is 4.74 Å². The molecule has 0 unspecified atom stereocenters. The molecule has 4 rings (SSSR count). The number of carbonyl (C=O) groups excluding carboxylic acids is 1. The van der Waals surface area contributed by atoms with E-state index in [1.165, 1.54) is 23.1 Å². The highest BCUT2D eigenvalue weighted by Gasteiger charge is 2.17. The second-order valence-electron chi connectivity index (χ2n) is 6.19. The maximum Gasteiger partial charge on any atom is 0.226 e. The molecule has 0 radical (unpaired) electrons. The Labute approximate surface area is 182 Å². The molecule has 1 amide bonds. The third-order valence-corrected chi connectivity index (χ3v) is 5.83. The summed E-state index contributed by atoms with van der Waals surface area (Å²) in [6, 6.07) is 17.6. The van der Waals surface area contributed by atoms with Crippen LogP contribution >= 0.6 is 23.1 Å². The summed E-state index contributed by atoms with van der Waals surface area (Å²) in [5.74, 6) is 1.97. The van der Waals surface area contributed by atoms with Crippen molar-refractivity contribution in [1.29, 1.82) is 0 Å². The fourth-order valence-corrected chi connectivity index (χ4v) is 4.26. The number of carbonyl (C=O) groups is 1. The van der Waals surface area contributed by atoms with Crippen molar-refractivity contribution in [2.24, 2.45) is 0 Å². The molecule has 0 fully saturated rings. The Hall–Kier alpha value is -3.17. The minimum absolute atomic E-state index is 0.0729. The van der Waals surface area contributed by atoms with Crippen LogP contribution in [0.15, 0.2) is 71.3 Å². The fourth-order valence-electron chi connectivity index (χ4n) is 2.82. The quantitative estimate of drug-likeness (QED) is 0.408. The van der Waals surface area contributed by atoms with Gasteiger partial charge in [-0.1, -0.05) is 42.1 Å². The number of nitrogens with zero attached hydrogens (tertiary/aromatic N) is 4. The molecule has 0 aliphatic rings. The number of hydrogen-bond donors (Lipinski definition) is 1. The van der Waals surface area contributed by atoms with Crippen LogP contribution in [-0.4, -0.2) is 38.5 Å². The predicted molar refractivity (Wildman–Crippen MR) is 119 cm³/mol. The number of para-hydroxylation sites is 1. The van der Waals surface area contributed by atoms with Crippen LogP contribution in [0.1, 0.15) is 6.42 Å². The van der Waals surface area contributed by atoms with Gasteiger partial charge in [0.05, 0.1) is 7.11 Å². The lowest BCUT2D eigenvalue weighted by Crippen LogP contribution is -2.12. The Kier molecular flexibility index (Phi) is 6.41. The number of nitrogens with one attached hydrogen (secondary N) is 1. The Bertz CT molecular complexity index is 1110. The number of methoxy groups -OCH3 is 1. The van der Waals surface area contributed by atoms with E-state index in [1.807, 2.05) is 64.5 Å². The molecule has 0 aliphatic heterocycles. The molecule has 0 saturated carbocycles. The van der Waals surface area contributed by atoms with Gasteiger partial charge in [0, 0.05) is 35.0 Å². The first-order valence-corrected chi connectivity index (χ1v) is 11.1. The number of hydrogen-bond acceptors (Lipinski definition) is 7. The lowest BCUT2D eigenvalue weighted by Gasteiger charge is -2.11. The maximum atomic E-state index is 12.1. The highest BCUT2D eigenvalue weighted by atomic mass is 32.2. The van der Waals surface area contributed by atoms with Gasteiger partial charge in [-0.15, -0.1) is 21.5 Å². The van der Waals surface area contributed by atoms with Crippen molar-refractivity contribution in [3.8, 4) is 22.8 Å². The van der Waals surface area contributed by atoms with E-state index >= 15 is 0 Å². The monoisotopic (exact) mass is 437 g/mol. The van der Waals surface area contributed by atoms with Crippen LogP contribution in [0.5, 0.6) is 5.75 Å². The second kappa shape index (κ2) is 9.55. The molecule has 0 spiro atoms. The summed E-state index contributed by atoms with van der Waals surface area (Å²) in [7, 11) is 1.64. The third-order valence-electron chi connectivity index (χ3n) is 4.21. The van der Waals surface area contributed by atoms with Crippen LogP contribution in [0.4, 0.5) is 5.13 Å². The van der Waals surface area contributed by atoms with Gasteiger partial charge < -0.3 is 10.1 Å². The van der Waals surface area contributed by atoms with Crippen molar-refractivity contribution in [3.05, 3.63) is 66.2 Å². The zero-order valence-electron chi connectivity index (χ0n) is 16.2. The van der Waals surface area contributed by atoms with Crippen molar-refractivity contribution in [2.75, 3.05) is 18.2 Å². The average Bonchev–Trinajstić information content (AvgIpc) is 3.44. The van der Waals surface area contributed by atoms with Crippen molar-refractivity contribution >= 4 is 34.1 Å². The molecule has 0 bridgehead atoms. The normalized spacial score (nSPS) is 10.7. The van der Waals surface area contributed by atoms with Crippen LogP contribution in [-0.2, 0) is 4.79 Å². The van der Waals surface area contributed by atoms with E-state index in [1.54, 1.807) is 13.3 Å². The molecule has 2 heterocycles. The van der Waals surface area contributed by atoms with E-state index < -0.39 is 0 Å². The highest BCUT2D eigenvalue weighted by Crippen LogP contribution is 2.30. The van der Waals surface area contributed by atoms with Gasteiger partial charge in [-0.05, 0) is 24.3 Å². The van der Waals surface area contributed by atoms with E-state index in [0.29, 0.717) is 17.3 Å². The zero-order chi connectivity index (χ0) is 20.8. The summed E-state index contributed by atoms with van der Waals surface area (Å²) >= 11 is 2.89. The van der Waals surface area contributed by atoms with Crippen LogP contribution in [0.3, 0.4) is 0 Å². The van der Waals surface area contributed by atoms with Gasteiger partial charge in [0.25, 0.3) is 0 Å². The number of amides is 1. The van der Waals surface area contributed by atoms with Crippen LogP contribution in [0, 0.1) is 0 Å². The number of ether oxygens (including phenoxy) is 1. The summed E-state index contributed by atoms with van der Waals surface area (Å²) < 4.78 is 7.35. The third kappa shape index (κ3) is 4.69. The topological polar surface area (TPSA) is 81.9 Å². The second-order valence-corrected chi connectivity index (χ2v) is 8.15. The van der Waals surface area contributed by atoms with Crippen LogP contribution in [0.25, 0.3) is 17.1 Å². The predicted octanol–water partition coefficient (Wildman–Crippen LogP) is 4.52. The van der Waals surface area contributed by atoms with Crippen LogP contribution in [0.2, 0.25) is 0 Å². The Morgan fingerprint density at radius 2 is 2.03 bits per heavy atom. The Morgan fingerprint density at radius 1 is 1.17 bits per heavy atom. The molecule has 9 heteroatoms. The van der Waals surface area contributed by atoms with Gasteiger partial charge >= 0.3 is 0 Å². The van der Waals surface area contributed by atoms with Gasteiger partial charge in [-0.3, -0.25) is 9.36 Å². The molecule has 0 atom stereocenters. The smallest absolute Gasteiger partial charge is 0.226 e. The summed E-state index contributed by atoms with van der Waals surface area (Å²) in [6.45, 7) is 0. The molecule has 0 saturated heterocycles. The van der Waals surface area contributed by atoms with Crippen molar-refractivity contribution in [1.82, 2.24) is 19.7 Å². The SMILES string of the molecule is COc1cccc(-c2nnc(SCCC(=O)Nc3nccs3)n2-c2ccccc2)c1. The number of anilines is 1. The number of benzene rings is 2. The molecule has 2 aromatic carbocycles. The number of aromatic nitrogens is 4. The fraction of sp³-hybridized carbons (Fsp3) is 0.143. The Morgan fingerprint density at radius 3 is 2.80 bits per heavy atom. The van der Waals surface area contributed by atoms with Gasteiger partial charge in [-0.25, -0.2) is 4.98 Å². The van der Waals surface area contributed by atoms with Crippen molar-refractivity contribution in [3.63, 3.8) is 0 Å². The van der Waals surface area contributed by atoms with E-state index in [2.05, 4.69) is 20.5 Å². The van der Waals surface area contributed by atoms with Gasteiger partial charge in [0.15, 0.2) is 16.1 Å².